The van der Waals surface area contributed by atoms with Gasteiger partial charge in [-0.25, -0.2) is 4.39 Å². The van der Waals surface area contributed by atoms with Crippen LogP contribution in [0.4, 0.5) is 4.39 Å². The summed E-state index contributed by atoms with van der Waals surface area (Å²) in [5.41, 5.74) is 1.23. The lowest BCUT2D eigenvalue weighted by Gasteiger charge is -2.09. The van der Waals surface area contributed by atoms with Gasteiger partial charge in [0.05, 0.1) is 13.2 Å². The molecule has 6 heteroatoms. The summed E-state index contributed by atoms with van der Waals surface area (Å²) in [6, 6.07) is 16.4. The molecule has 0 amide bonds. The number of rotatable bonds is 8. The van der Waals surface area contributed by atoms with Crippen LogP contribution in [0, 0.1) is 12.7 Å². The van der Waals surface area contributed by atoms with E-state index in [9.17, 15) is 4.39 Å². The van der Waals surface area contributed by atoms with Crippen molar-refractivity contribution < 1.29 is 9.13 Å². The molecule has 0 aliphatic heterocycles. The van der Waals surface area contributed by atoms with Crippen molar-refractivity contribution in [2.45, 2.75) is 25.0 Å². The summed E-state index contributed by atoms with van der Waals surface area (Å²) in [7, 11) is 0. The van der Waals surface area contributed by atoms with Crippen molar-refractivity contribution in [1.82, 2.24) is 14.8 Å². The summed E-state index contributed by atoms with van der Waals surface area (Å²) >= 11 is 1.67. The monoisotopic (exact) mass is 357 g/mol. The molecule has 3 rings (SSSR count). The highest BCUT2D eigenvalue weighted by Crippen LogP contribution is 2.19. The van der Waals surface area contributed by atoms with E-state index >= 15 is 0 Å². The SMILES string of the molecule is Cc1nnc(SCCCOc2ccc(F)cc2)n1Cc1ccccc1. The van der Waals surface area contributed by atoms with Crippen molar-refractivity contribution in [2.75, 3.05) is 12.4 Å². The molecule has 1 heterocycles. The van der Waals surface area contributed by atoms with E-state index in [1.54, 1.807) is 23.9 Å². The van der Waals surface area contributed by atoms with Gasteiger partial charge in [0.25, 0.3) is 0 Å². The molecule has 0 saturated carbocycles. The zero-order valence-electron chi connectivity index (χ0n) is 14.1. The van der Waals surface area contributed by atoms with Crippen molar-refractivity contribution in [3.05, 3.63) is 71.8 Å². The number of thioether (sulfide) groups is 1. The summed E-state index contributed by atoms with van der Waals surface area (Å²) in [6.07, 6.45) is 0.874. The Morgan fingerprint density at radius 2 is 1.80 bits per heavy atom. The fourth-order valence-electron chi connectivity index (χ4n) is 2.36. The summed E-state index contributed by atoms with van der Waals surface area (Å²) < 4.78 is 20.6. The highest BCUT2D eigenvalue weighted by molar-refractivity contribution is 7.99. The number of hydrogen-bond donors (Lipinski definition) is 0. The summed E-state index contributed by atoms with van der Waals surface area (Å²) in [5, 5.41) is 9.38. The molecular weight excluding hydrogens is 337 g/mol. The minimum absolute atomic E-state index is 0.254. The molecule has 0 N–H and O–H groups in total. The number of halogens is 1. The number of ether oxygens (including phenoxy) is 1. The van der Waals surface area contributed by atoms with Crippen molar-refractivity contribution in [3.8, 4) is 5.75 Å². The smallest absolute Gasteiger partial charge is 0.191 e. The van der Waals surface area contributed by atoms with Crippen LogP contribution in [-0.4, -0.2) is 27.1 Å². The number of aromatic nitrogens is 3. The lowest BCUT2D eigenvalue weighted by Crippen LogP contribution is -2.05. The first-order valence-electron chi connectivity index (χ1n) is 8.17. The quantitative estimate of drug-likeness (QED) is 0.444. The van der Waals surface area contributed by atoms with Crippen LogP contribution in [0.15, 0.2) is 59.8 Å². The lowest BCUT2D eigenvalue weighted by molar-refractivity contribution is 0.318. The molecule has 0 atom stereocenters. The third-order valence-electron chi connectivity index (χ3n) is 3.69. The zero-order chi connectivity index (χ0) is 17.5. The predicted octanol–water partition coefficient (Wildman–Crippen LogP) is 4.34. The van der Waals surface area contributed by atoms with Gasteiger partial charge in [0, 0.05) is 5.75 Å². The van der Waals surface area contributed by atoms with Crippen molar-refractivity contribution in [1.29, 1.82) is 0 Å². The maximum atomic E-state index is 12.8. The third kappa shape index (κ3) is 5.06. The Bertz CT molecular complexity index is 790. The number of hydrogen-bond acceptors (Lipinski definition) is 4. The normalized spacial score (nSPS) is 10.8. The van der Waals surface area contributed by atoms with Gasteiger partial charge in [-0.05, 0) is 43.2 Å². The van der Waals surface area contributed by atoms with E-state index in [4.69, 9.17) is 4.74 Å². The minimum atomic E-state index is -0.254. The highest BCUT2D eigenvalue weighted by Gasteiger charge is 2.09. The molecule has 0 saturated heterocycles. The van der Waals surface area contributed by atoms with Gasteiger partial charge >= 0.3 is 0 Å². The van der Waals surface area contributed by atoms with Crippen LogP contribution in [-0.2, 0) is 6.54 Å². The van der Waals surface area contributed by atoms with E-state index in [1.807, 2.05) is 25.1 Å². The first-order valence-corrected chi connectivity index (χ1v) is 9.16. The fourth-order valence-corrected chi connectivity index (χ4v) is 3.26. The van der Waals surface area contributed by atoms with Crippen LogP contribution < -0.4 is 4.74 Å². The van der Waals surface area contributed by atoms with E-state index in [2.05, 4.69) is 26.9 Å². The van der Waals surface area contributed by atoms with E-state index in [1.165, 1.54) is 17.7 Å². The Balaban J connectivity index is 1.48. The fraction of sp³-hybridized carbons (Fsp3) is 0.263. The van der Waals surface area contributed by atoms with Crippen molar-refractivity contribution >= 4 is 11.8 Å². The summed E-state index contributed by atoms with van der Waals surface area (Å²) in [5.74, 6) is 2.23. The second-order valence-corrected chi connectivity index (χ2v) is 6.67. The van der Waals surface area contributed by atoms with Crippen LogP contribution in [0.25, 0.3) is 0 Å². The van der Waals surface area contributed by atoms with Gasteiger partial charge in [-0.15, -0.1) is 10.2 Å². The Hall–Kier alpha value is -2.34. The molecule has 0 radical (unpaired) electrons. The van der Waals surface area contributed by atoms with Crippen molar-refractivity contribution in [3.63, 3.8) is 0 Å². The van der Waals surface area contributed by atoms with Crippen LogP contribution in [0.3, 0.4) is 0 Å². The van der Waals surface area contributed by atoms with Gasteiger partial charge in [-0.2, -0.15) is 0 Å². The van der Waals surface area contributed by atoms with Crippen LogP contribution in [0.1, 0.15) is 17.8 Å². The molecule has 25 heavy (non-hydrogen) atoms. The van der Waals surface area contributed by atoms with Gasteiger partial charge in [0.15, 0.2) is 5.16 Å². The van der Waals surface area contributed by atoms with E-state index < -0.39 is 0 Å². The number of benzene rings is 2. The van der Waals surface area contributed by atoms with Crippen LogP contribution >= 0.6 is 11.8 Å². The molecule has 2 aromatic carbocycles. The summed E-state index contributed by atoms with van der Waals surface area (Å²) in [4.78, 5) is 0. The van der Waals surface area contributed by atoms with Gasteiger partial charge < -0.3 is 9.30 Å². The van der Waals surface area contributed by atoms with E-state index in [0.717, 1.165) is 29.7 Å². The molecule has 0 unspecified atom stereocenters. The van der Waals surface area contributed by atoms with Gasteiger partial charge in [0.2, 0.25) is 0 Å². The number of nitrogens with zero attached hydrogens (tertiary/aromatic N) is 3. The number of aryl methyl sites for hydroxylation is 1. The maximum absolute atomic E-state index is 12.8. The van der Waals surface area contributed by atoms with E-state index in [0.29, 0.717) is 12.4 Å². The molecule has 0 fully saturated rings. The molecule has 1 aromatic heterocycles. The van der Waals surface area contributed by atoms with Crippen molar-refractivity contribution in [2.24, 2.45) is 0 Å². The highest BCUT2D eigenvalue weighted by atomic mass is 32.2. The standard InChI is InChI=1S/C19H20FN3OS/c1-15-21-22-19(23(15)14-16-6-3-2-4-7-16)25-13-5-12-24-18-10-8-17(20)9-11-18/h2-4,6-11H,5,12-14H2,1H3. The Labute approximate surface area is 151 Å². The maximum Gasteiger partial charge on any atom is 0.191 e. The van der Waals surface area contributed by atoms with E-state index in [-0.39, 0.29) is 5.82 Å². The Morgan fingerprint density at radius 3 is 2.56 bits per heavy atom. The van der Waals surface area contributed by atoms with Crippen LogP contribution in [0.2, 0.25) is 0 Å². The second-order valence-electron chi connectivity index (χ2n) is 5.61. The Kier molecular flexibility index (Phi) is 6.06. The molecule has 0 bridgehead atoms. The topological polar surface area (TPSA) is 39.9 Å². The molecular formula is C19H20FN3OS. The van der Waals surface area contributed by atoms with Gasteiger partial charge in [-0.1, -0.05) is 42.1 Å². The Morgan fingerprint density at radius 1 is 1.04 bits per heavy atom. The van der Waals surface area contributed by atoms with Gasteiger partial charge in [-0.3, -0.25) is 0 Å². The first-order chi connectivity index (χ1) is 12.2. The average Bonchev–Trinajstić information content (AvgIpc) is 2.97. The first kappa shape index (κ1) is 17.5. The minimum Gasteiger partial charge on any atom is -0.494 e. The molecule has 0 aliphatic carbocycles. The molecule has 4 nitrogen and oxygen atoms in total. The largest absolute Gasteiger partial charge is 0.494 e. The zero-order valence-corrected chi connectivity index (χ0v) is 14.9. The molecule has 0 spiro atoms. The average molecular weight is 357 g/mol. The second kappa shape index (κ2) is 8.67. The molecule has 130 valence electrons. The third-order valence-corrected chi connectivity index (χ3v) is 4.74. The summed E-state index contributed by atoms with van der Waals surface area (Å²) in [6.45, 7) is 3.33. The van der Waals surface area contributed by atoms with Crippen LogP contribution in [0.5, 0.6) is 5.75 Å². The lowest BCUT2D eigenvalue weighted by atomic mass is 10.2. The molecule has 3 aromatic rings. The van der Waals surface area contributed by atoms with Gasteiger partial charge in [0.1, 0.15) is 17.4 Å². The predicted molar refractivity (Wildman–Crippen MR) is 97.5 cm³/mol. The molecule has 0 aliphatic rings.